The largest absolute Gasteiger partial charge is 0.444 e. The highest BCUT2D eigenvalue weighted by molar-refractivity contribution is 5.68. The number of aromatic nitrogens is 2. The van der Waals surface area contributed by atoms with Gasteiger partial charge in [0.25, 0.3) is 0 Å². The van der Waals surface area contributed by atoms with Crippen molar-refractivity contribution in [2.45, 2.75) is 53.2 Å². The van der Waals surface area contributed by atoms with E-state index in [1.54, 1.807) is 4.90 Å². The Bertz CT molecular complexity index is 477. The summed E-state index contributed by atoms with van der Waals surface area (Å²) in [6.45, 7) is 12.5. The van der Waals surface area contributed by atoms with Crippen molar-refractivity contribution in [2.24, 2.45) is 7.05 Å². The number of hydrogen-bond acceptors (Lipinski definition) is 4. The summed E-state index contributed by atoms with van der Waals surface area (Å²) in [5, 5.41) is 7.79. The molecule has 1 amide bonds. The van der Waals surface area contributed by atoms with Gasteiger partial charge in [0.1, 0.15) is 5.60 Å². The van der Waals surface area contributed by atoms with Gasteiger partial charge in [-0.3, -0.25) is 4.68 Å². The lowest BCUT2D eigenvalue weighted by molar-refractivity contribution is 0.0262. The van der Waals surface area contributed by atoms with Crippen molar-refractivity contribution in [3.63, 3.8) is 0 Å². The normalized spacial score (nSPS) is 11.5. The second kappa shape index (κ2) is 8.17. The van der Waals surface area contributed by atoms with Crippen molar-refractivity contribution in [1.82, 2.24) is 20.0 Å². The summed E-state index contributed by atoms with van der Waals surface area (Å²) < 4.78 is 7.23. The molecular weight excluding hydrogens is 280 g/mol. The average Bonchev–Trinajstić information content (AvgIpc) is 2.77. The molecule has 6 heteroatoms. The van der Waals surface area contributed by atoms with Crippen LogP contribution in [0.25, 0.3) is 0 Å². The number of nitrogens with one attached hydrogen (secondary N) is 1. The van der Waals surface area contributed by atoms with E-state index in [4.69, 9.17) is 4.74 Å². The second-order valence-electron chi connectivity index (χ2n) is 6.37. The van der Waals surface area contributed by atoms with E-state index >= 15 is 0 Å². The summed E-state index contributed by atoms with van der Waals surface area (Å²) >= 11 is 0. The molecule has 0 aliphatic rings. The molecule has 0 saturated heterocycles. The van der Waals surface area contributed by atoms with Crippen molar-refractivity contribution < 1.29 is 9.53 Å². The Hall–Kier alpha value is -1.56. The Balaban J connectivity index is 2.39. The molecule has 1 rings (SSSR count). The van der Waals surface area contributed by atoms with Crippen molar-refractivity contribution in [1.29, 1.82) is 0 Å². The summed E-state index contributed by atoms with van der Waals surface area (Å²) in [4.78, 5) is 13.7. The molecule has 0 unspecified atom stereocenters. The molecule has 0 saturated carbocycles. The van der Waals surface area contributed by atoms with E-state index in [2.05, 4.69) is 17.3 Å². The third kappa shape index (κ3) is 6.05. The number of carbonyl (C=O) groups is 1. The summed E-state index contributed by atoms with van der Waals surface area (Å²) in [7, 11) is 1.93. The van der Waals surface area contributed by atoms with E-state index in [0.29, 0.717) is 13.1 Å². The molecule has 0 spiro atoms. The number of carbonyl (C=O) groups excluding carboxylic acids is 1. The van der Waals surface area contributed by atoms with Crippen LogP contribution in [0.2, 0.25) is 0 Å². The smallest absolute Gasteiger partial charge is 0.410 e. The topological polar surface area (TPSA) is 59.4 Å². The molecule has 0 aromatic carbocycles. The molecule has 1 aromatic heterocycles. The van der Waals surface area contributed by atoms with Gasteiger partial charge in [0.05, 0.1) is 5.69 Å². The quantitative estimate of drug-likeness (QED) is 0.785. The van der Waals surface area contributed by atoms with Crippen LogP contribution in [0.5, 0.6) is 0 Å². The van der Waals surface area contributed by atoms with Crippen LogP contribution in [0, 0.1) is 0 Å². The lowest BCUT2D eigenvalue weighted by Crippen LogP contribution is -2.40. The lowest BCUT2D eigenvalue weighted by atomic mass is 10.2. The summed E-state index contributed by atoms with van der Waals surface area (Å²) in [5.74, 6) is 0. The van der Waals surface area contributed by atoms with Crippen molar-refractivity contribution in [3.8, 4) is 0 Å². The van der Waals surface area contributed by atoms with Crippen LogP contribution in [-0.4, -0.2) is 46.0 Å². The Kier molecular flexibility index (Phi) is 6.87. The highest BCUT2D eigenvalue weighted by Crippen LogP contribution is 2.10. The third-order valence-corrected chi connectivity index (χ3v) is 3.23. The van der Waals surface area contributed by atoms with Crippen LogP contribution in [-0.2, 0) is 24.8 Å². The zero-order valence-electron chi connectivity index (χ0n) is 14.8. The molecule has 1 aromatic rings. The van der Waals surface area contributed by atoms with Gasteiger partial charge in [-0.15, -0.1) is 0 Å². The Morgan fingerprint density at radius 3 is 2.64 bits per heavy atom. The highest BCUT2D eigenvalue weighted by atomic mass is 16.6. The average molecular weight is 310 g/mol. The van der Waals surface area contributed by atoms with Crippen LogP contribution >= 0.6 is 0 Å². The number of ether oxygens (including phenoxy) is 1. The predicted octanol–water partition coefficient (Wildman–Crippen LogP) is 2.33. The fourth-order valence-corrected chi connectivity index (χ4v) is 2.17. The van der Waals surface area contributed by atoms with E-state index in [1.165, 1.54) is 5.56 Å². The summed E-state index contributed by atoms with van der Waals surface area (Å²) in [5.41, 5.74) is 1.88. The van der Waals surface area contributed by atoms with E-state index in [1.807, 2.05) is 45.6 Å². The van der Waals surface area contributed by atoms with Crippen LogP contribution in [0.4, 0.5) is 4.79 Å². The molecule has 1 N–H and O–H groups in total. The zero-order chi connectivity index (χ0) is 16.8. The van der Waals surface area contributed by atoms with Crippen LogP contribution in [0.1, 0.15) is 45.9 Å². The van der Waals surface area contributed by atoms with Gasteiger partial charge in [0, 0.05) is 45.0 Å². The first kappa shape index (κ1) is 18.5. The molecule has 0 aliphatic carbocycles. The molecule has 126 valence electrons. The number of rotatable bonds is 7. The Morgan fingerprint density at radius 2 is 2.09 bits per heavy atom. The first-order valence-electron chi connectivity index (χ1n) is 7.96. The van der Waals surface area contributed by atoms with Gasteiger partial charge in [-0.25, -0.2) is 4.79 Å². The highest BCUT2D eigenvalue weighted by Gasteiger charge is 2.20. The van der Waals surface area contributed by atoms with Gasteiger partial charge in [-0.05, 0) is 34.1 Å². The van der Waals surface area contributed by atoms with Gasteiger partial charge in [-0.1, -0.05) is 6.92 Å². The fraction of sp³-hybridized carbons (Fsp3) is 0.750. The van der Waals surface area contributed by atoms with Gasteiger partial charge < -0.3 is 15.0 Å². The minimum Gasteiger partial charge on any atom is -0.444 e. The van der Waals surface area contributed by atoms with Gasteiger partial charge in [-0.2, -0.15) is 5.10 Å². The fourth-order valence-electron chi connectivity index (χ4n) is 2.17. The van der Waals surface area contributed by atoms with E-state index in [9.17, 15) is 4.79 Å². The molecule has 6 nitrogen and oxygen atoms in total. The van der Waals surface area contributed by atoms with Gasteiger partial charge in [0.15, 0.2) is 0 Å². The monoisotopic (exact) mass is 310 g/mol. The maximum Gasteiger partial charge on any atom is 0.410 e. The van der Waals surface area contributed by atoms with Gasteiger partial charge in [0.2, 0.25) is 0 Å². The van der Waals surface area contributed by atoms with E-state index in [0.717, 1.165) is 25.2 Å². The summed E-state index contributed by atoms with van der Waals surface area (Å²) in [6.07, 6.45) is 2.71. The Labute approximate surface area is 133 Å². The molecule has 1 heterocycles. The second-order valence-corrected chi connectivity index (χ2v) is 6.37. The summed E-state index contributed by atoms with van der Waals surface area (Å²) in [6, 6.07) is 0. The van der Waals surface area contributed by atoms with E-state index < -0.39 is 5.60 Å². The maximum atomic E-state index is 12.0. The first-order valence-corrected chi connectivity index (χ1v) is 7.96. The standard InChI is InChI=1S/C16H30N4O2/c1-7-14-13(12-19(6)18-14)11-17-9-10-20(8-2)15(21)22-16(3,4)5/h12,17H,7-11H2,1-6H3. The van der Waals surface area contributed by atoms with E-state index in [-0.39, 0.29) is 6.09 Å². The minimum absolute atomic E-state index is 0.257. The SMILES string of the molecule is CCc1nn(C)cc1CNCCN(CC)C(=O)OC(C)(C)C. The number of nitrogens with zero attached hydrogens (tertiary/aromatic N) is 3. The van der Waals surface area contributed by atoms with Crippen LogP contribution < -0.4 is 5.32 Å². The third-order valence-electron chi connectivity index (χ3n) is 3.23. The molecule has 0 bridgehead atoms. The molecule has 0 aliphatic heterocycles. The number of hydrogen-bond donors (Lipinski definition) is 1. The first-order chi connectivity index (χ1) is 10.3. The van der Waals surface area contributed by atoms with Crippen LogP contribution in [0.3, 0.4) is 0 Å². The molecular formula is C16H30N4O2. The number of likely N-dealkylation sites (N-methyl/N-ethyl adjacent to an activating group) is 1. The van der Waals surface area contributed by atoms with Crippen molar-refractivity contribution in [2.75, 3.05) is 19.6 Å². The van der Waals surface area contributed by atoms with Crippen molar-refractivity contribution in [3.05, 3.63) is 17.5 Å². The van der Waals surface area contributed by atoms with Gasteiger partial charge >= 0.3 is 6.09 Å². The van der Waals surface area contributed by atoms with Crippen LogP contribution in [0.15, 0.2) is 6.20 Å². The number of aryl methyl sites for hydroxylation is 2. The van der Waals surface area contributed by atoms with Crippen molar-refractivity contribution >= 4 is 6.09 Å². The number of amides is 1. The zero-order valence-corrected chi connectivity index (χ0v) is 14.8. The molecule has 22 heavy (non-hydrogen) atoms. The minimum atomic E-state index is -0.455. The molecule has 0 atom stereocenters. The molecule has 0 radical (unpaired) electrons. The molecule has 0 fully saturated rings. The maximum absolute atomic E-state index is 12.0. The predicted molar refractivity (Wildman–Crippen MR) is 87.8 cm³/mol. The lowest BCUT2D eigenvalue weighted by Gasteiger charge is -2.26. The Morgan fingerprint density at radius 1 is 1.41 bits per heavy atom.